The minimum atomic E-state index is 0.999. The summed E-state index contributed by atoms with van der Waals surface area (Å²) in [6, 6.07) is 10.2. The number of rotatable bonds is 2. The molecular formula is C10H10NO. The summed E-state index contributed by atoms with van der Waals surface area (Å²) in [5.41, 5.74) is 2.14. The molecule has 1 N–H and O–H groups in total. The lowest BCUT2D eigenvalue weighted by atomic mass is 10.2. The first-order valence-corrected chi connectivity index (χ1v) is 3.84. The Balaban J connectivity index is 2.47. The molecule has 0 bridgehead atoms. The molecule has 0 fully saturated rings. The molecule has 1 radical (unpaired) electrons. The molecule has 0 spiro atoms. The van der Waals surface area contributed by atoms with Gasteiger partial charge < -0.3 is 9.72 Å². The molecule has 12 heavy (non-hydrogen) atoms. The molecule has 61 valence electrons. The third kappa shape index (κ3) is 1.21. The summed E-state index contributed by atoms with van der Waals surface area (Å²) in [4.78, 5) is 3.22. The van der Waals surface area contributed by atoms with Gasteiger partial charge in [0.15, 0.2) is 0 Å². The molecule has 0 aliphatic rings. The minimum absolute atomic E-state index is 0.999. The van der Waals surface area contributed by atoms with Gasteiger partial charge in [0.25, 0.3) is 0 Å². The fourth-order valence-electron chi connectivity index (χ4n) is 1.29. The number of ether oxygens (including phenoxy) is 1. The summed E-state index contributed by atoms with van der Waals surface area (Å²) in [5, 5.41) is 1.21. The van der Waals surface area contributed by atoms with E-state index in [4.69, 9.17) is 4.74 Å². The van der Waals surface area contributed by atoms with E-state index in [0.717, 1.165) is 11.2 Å². The Labute approximate surface area is 71.2 Å². The zero-order valence-corrected chi connectivity index (χ0v) is 6.87. The highest BCUT2D eigenvalue weighted by Crippen LogP contribution is 2.15. The Kier molecular flexibility index (Phi) is 1.84. The lowest BCUT2D eigenvalue weighted by Gasteiger charge is -1.90. The molecule has 0 amide bonds. The second-order valence-corrected chi connectivity index (χ2v) is 2.67. The molecule has 2 heteroatoms. The quantitative estimate of drug-likeness (QED) is 0.716. The smallest absolute Gasteiger partial charge is 0.128 e. The lowest BCUT2D eigenvalue weighted by molar-refractivity contribution is 0.290. The van der Waals surface area contributed by atoms with Crippen molar-refractivity contribution in [3.63, 3.8) is 0 Å². The van der Waals surface area contributed by atoms with E-state index in [1.54, 1.807) is 13.7 Å². The van der Waals surface area contributed by atoms with Gasteiger partial charge in [0.2, 0.25) is 0 Å². The van der Waals surface area contributed by atoms with Crippen LogP contribution in [0.25, 0.3) is 10.9 Å². The summed E-state index contributed by atoms with van der Waals surface area (Å²) < 4.78 is 4.90. The monoisotopic (exact) mass is 160 g/mol. The van der Waals surface area contributed by atoms with Crippen LogP contribution in [-0.2, 0) is 4.74 Å². The first-order valence-electron chi connectivity index (χ1n) is 3.84. The van der Waals surface area contributed by atoms with Gasteiger partial charge in [-0.15, -0.1) is 0 Å². The molecule has 0 unspecified atom stereocenters. The molecule has 0 atom stereocenters. The molecule has 0 aliphatic heterocycles. The van der Waals surface area contributed by atoms with Gasteiger partial charge in [0.1, 0.15) is 6.61 Å². The maximum atomic E-state index is 4.90. The van der Waals surface area contributed by atoms with Crippen molar-refractivity contribution in [3.8, 4) is 0 Å². The van der Waals surface area contributed by atoms with Crippen LogP contribution in [0.15, 0.2) is 30.3 Å². The van der Waals surface area contributed by atoms with E-state index in [1.165, 1.54) is 5.39 Å². The molecule has 2 aromatic rings. The Bertz CT molecular complexity index is 345. The van der Waals surface area contributed by atoms with E-state index in [9.17, 15) is 0 Å². The average molecular weight is 160 g/mol. The summed E-state index contributed by atoms with van der Waals surface area (Å²) in [5.74, 6) is 0. The largest absolute Gasteiger partial charge is 0.372 e. The molecule has 2 nitrogen and oxygen atoms in total. The molecule has 1 aromatic carbocycles. The average Bonchev–Trinajstić information content (AvgIpc) is 2.47. The van der Waals surface area contributed by atoms with Gasteiger partial charge in [0, 0.05) is 18.3 Å². The summed E-state index contributed by atoms with van der Waals surface area (Å²) in [7, 11) is 1.64. The number of benzene rings is 1. The maximum absolute atomic E-state index is 4.90. The summed E-state index contributed by atoms with van der Waals surface area (Å²) >= 11 is 0. The van der Waals surface area contributed by atoms with Crippen molar-refractivity contribution < 1.29 is 4.74 Å². The second-order valence-electron chi connectivity index (χ2n) is 2.67. The van der Waals surface area contributed by atoms with Crippen molar-refractivity contribution >= 4 is 10.9 Å². The number of aromatic amines is 1. The lowest BCUT2D eigenvalue weighted by Crippen LogP contribution is -1.81. The van der Waals surface area contributed by atoms with Crippen LogP contribution in [0.5, 0.6) is 0 Å². The van der Waals surface area contributed by atoms with Crippen molar-refractivity contribution in [2.75, 3.05) is 7.11 Å². The third-order valence-corrected chi connectivity index (χ3v) is 1.80. The van der Waals surface area contributed by atoms with Crippen molar-refractivity contribution in [1.29, 1.82) is 0 Å². The van der Waals surface area contributed by atoms with Gasteiger partial charge in [-0.3, -0.25) is 0 Å². The van der Waals surface area contributed by atoms with E-state index in [-0.39, 0.29) is 0 Å². The van der Waals surface area contributed by atoms with Crippen LogP contribution in [-0.4, -0.2) is 12.1 Å². The Morgan fingerprint density at radius 1 is 1.33 bits per heavy atom. The van der Waals surface area contributed by atoms with Gasteiger partial charge in [0.05, 0.1) is 0 Å². The fraction of sp³-hybridized carbons (Fsp3) is 0.100. The summed E-state index contributed by atoms with van der Waals surface area (Å²) in [6.45, 7) is 1.69. The topological polar surface area (TPSA) is 25.0 Å². The van der Waals surface area contributed by atoms with Gasteiger partial charge in [-0.2, -0.15) is 0 Å². The highest BCUT2D eigenvalue weighted by atomic mass is 16.5. The first kappa shape index (κ1) is 7.37. The number of aromatic nitrogens is 1. The SMILES string of the molecule is CO[CH]c1cc2ccccc2[nH]1. The Morgan fingerprint density at radius 2 is 2.17 bits per heavy atom. The van der Waals surface area contributed by atoms with Gasteiger partial charge in [-0.25, -0.2) is 0 Å². The van der Waals surface area contributed by atoms with Crippen LogP contribution >= 0.6 is 0 Å². The molecule has 1 aromatic heterocycles. The highest BCUT2D eigenvalue weighted by molar-refractivity contribution is 5.80. The van der Waals surface area contributed by atoms with E-state index in [2.05, 4.69) is 17.1 Å². The first-order chi connectivity index (χ1) is 5.90. The van der Waals surface area contributed by atoms with Crippen LogP contribution < -0.4 is 0 Å². The number of hydrogen-bond acceptors (Lipinski definition) is 1. The minimum Gasteiger partial charge on any atom is -0.372 e. The van der Waals surface area contributed by atoms with E-state index < -0.39 is 0 Å². The standard InChI is InChI=1S/C10H10NO/c1-12-7-9-6-8-4-2-3-5-10(8)11-9/h2-7,11H,1H3. The van der Waals surface area contributed by atoms with Crippen LogP contribution in [0.2, 0.25) is 0 Å². The van der Waals surface area contributed by atoms with Crippen molar-refractivity contribution in [3.05, 3.63) is 42.6 Å². The molecule has 2 rings (SSSR count). The number of para-hydroxylation sites is 1. The van der Waals surface area contributed by atoms with Crippen molar-refractivity contribution in [2.24, 2.45) is 0 Å². The zero-order valence-electron chi connectivity index (χ0n) is 6.87. The molecule has 0 aliphatic carbocycles. The predicted octanol–water partition coefficient (Wildman–Crippen LogP) is 2.32. The molecular weight excluding hydrogens is 150 g/mol. The fourth-order valence-corrected chi connectivity index (χ4v) is 1.29. The van der Waals surface area contributed by atoms with Crippen LogP contribution in [0.1, 0.15) is 5.69 Å². The van der Waals surface area contributed by atoms with Gasteiger partial charge in [-0.05, 0) is 17.5 Å². The van der Waals surface area contributed by atoms with Gasteiger partial charge >= 0.3 is 0 Å². The van der Waals surface area contributed by atoms with Crippen LogP contribution in [0, 0.1) is 6.61 Å². The number of hydrogen-bond donors (Lipinski definition) is 1. The third-order valence-electron chi connectivity index (χ3n) is 1.80. The Morgan fingerprint density at radius 3 is 2.92 bits per heavy atom. The molecule has 0 saturated carbocycles. The normalized spacial score (nSPS) is 10.8. The number of fused-ring (bicyclic) bond motifs is 1. The molecule has 1 heterocycles. The van der Waals surface area contributed by atoms with Crippen molar-refractivity contribution in [2.45, 2.75) is 0 Å². The predicted molar refractivity (Wildman–Crippen MR) is 48.7 cm³/mol. The van der Waals surface area contributed by atoms with E-state index in [0.29, 0.717) is 0 Å². The van der Waals surface area contributed by atoms with E-state index >= 15 is 0 Å². The summed E-state index contributed by atoms with van der Waals surface area (Å²) in [6.07, 6.45) is 0. The Hall–Kier alpha value is -1.28. The maximum Gasteiger partial charge on any atom is 0.128 e. The van der Waals surface area contributed by atoms with Crippen LogP contribution in [0.3, 0.4) is 0 Å². The van der Waals surface area contributed by atoms with Crippen molar-refractivity contribution in [1.82, 2.24) is 4.98 Å². The number of H-pyrrole nitrogens is 1. The second kappa shape index (κ2) is 2.99. The van der Waals surface area contributed by atoms with E-state index in [1.807, 2.05) is 18.2 Å². The van der Waals surface area contributed by atoms with Crippen LogP contribution in [0.4, 0.5) is 0 Å². The highest BCUT2D eigenvalue weighted by Gasteiger charge is 1.98. The number of methoxy groups -OCH3 is 1. The number of nitrogens with one attached hydrogen (secondary N) is 1. The molecule has 0 saturated heterocycles. The zero-order chi connectivity index (χ0) is 8.39. The van der Waals surface area contributed by atoms with Gasteiger partial charge in [-0.1, -0.05) is 18.2 Å².